The fourth-order valence-corrected chi connectivity index (χ4v) is 2.00. The lowest BCUT2D eigenvalue weighted by atomic mass is 10.1. The minimum absolute atomic E-state index is 0.340. The molecule has 0 saturated carbocycles. The van der Waals surface area contributed by atoms with Crippen LogP contribution in [0.3, 0.4) is 0 Å². The lowest BCUT2D eigenvalue weighted by Crippen LogP contribution is -2.40. The third kappa shape index (κ3) is 3.42. The normalized spacial score (nSPS) is 11.9. The largest absolute Gasteiger partial charge is 0.480 e. The summed E-state index contributed by atoms with van der Waals surface area (Å²) in [7, 11) is 0. The third-order valence-electron chi connectivity index (χ3n) is 2.45. The number of hydrogen-bond donors (Lipinski definition) is 2. The monoisotopic (exact) mass is 347 g/mol. The maximum absolute atomic E-state index is 11.9. The SMILES string of the molecule is CCC(NC(=O)c1cccc(C)c1I)C(=O)O. The van der Waals surface area contributed by atoms with Crippen LogP contribution in [0, 0.1) is 10.5 Å². The average Bonchev–Trinajstić information content (AvgIpc) is 2.28. The predicted octanol–water partition coefficient (Wildman–Crippen LogP) is 2.19. The van der Waals surface area contributed by atoms with E-state index in [9.17, 15) is 9.59 Å². The van der Waals surface area contributed by atoms with Crippen LogP contribution >= 0.6 is 22.6 Å². The van der Waals surface area contributed by atoms with Crippen LogP contribution < -0.4 is 5.32 Å². The van der Waals surface area contributed by atoms with Gasteiger partial charge in [-0.1, -0.05) is 19.1 Å². The molecule has 1 aromatic rings. The predicted molar refractivity (Wildman–Crippen MR) is 73.1 cm³/mol. The summed E-state index contributed by atoms with van der Waals surface area (Å²) in [5.74, 6) is -1.35. The molecule has 1 atom stereocenters. The van der Waals surface area contributed by atoms with Gasteiger partial charge >= 0.3 is 5.97 Å². The number of halogens is 1. The number of hydrogen-bond acceptors (Lipinski definition) is 2. The zero-order valence-corrected chi connectivity index (χ0v) is 11.8. The molecule has 2 N–H and O–H groups in total. The van der Waals surface area contributed by atoms with Gasteiger partial charge in [-0.2, -0.15) is 0 Å². The van der Waals surface area contributed by atoms with Crippen molar-refractivity contribution in [1.82, 2.24) is 5.32 Å². The lowest BCUT2D eigenvalue weighted by Gasteiger charge is -2.13. The van der Waals surface area contributed by atoms with Crippen molar-refractivity contribution in [3.05, 3.63) is 32.9 Å². The molecular weight excluding hydrogens is 333 g/mol. The Hall–Kier alpha value is -1.11. The van der Waals surface area contributed by atoms with Crippen molar-refractivity contribution < 1.29 is 14.7 Å². The van der Waals surface area contributed by atoms with Gasteiger partial charge in [0.05, 0.1) is 5.56 Å². The molecule has 0 spiro atoms. The van der Waals surface area contributed by atoms with Crippen LogP contribution in [-0.4, -0.2) is 23.0 Å². The van der Waals surface area contributed by atoms with Gasteiger partial charge in [-0.25, -0.2) is 4.79 Å². The Labute approximate surface area is 114 Å². The molecule has 0 radical (unpaired) electrons. The number of nitrogens with one attached hydrogen (secondary N) is 1. The van der Waals surface area contributed by atoms with Crippen LogP contribution in [0.4, 0.5) is 0 Å². The molecule has 4 nitrogen and oxygen atoms in total. The molecule has 1 unspecified atom stereocenters. The van der Waals surface area contributed by atoms with Gasteiger partial charge in [-0.05, 0) is 47.6 Å². The maximum atomic E-state index is 11.9. The molecule has 0 aliphatic heterocycles. The summed E-state index contributed by atoms with van der Waals surface area (Å²) < 4.78 is 0.850. The molecule has 0 bridgehead atoms. The van der Waals surface area contributed by atoms with Gasteiger partial charge in [-0.3, -0.25) is 4.79 Å². The molecule has 0 heterocycles. The van der Waals surface area contributed by atoms with Gasteiger partial charge in [0, 0.05) is 3.57 Å². The summed E-state index contributed by atoms with van der Waals surface area (Å²) in [5.41, 5.74) is 1.52. The molecule has 92 valence electrons. The lowest BCUT2D eigenvalue weighted by molar-refractivity contribution is -0.139. The highest BCUT2D eigenvalue weighted by atomic mass is 127. The van der Waals surface area contributed by atoms with Gasteiger partial charge in [0.1, 0.15) is 6.04 Å². The molecule has 17 heavy (non-hydrogen) atoms. The van der Waals surface area contributed by atoms with Gasteiger partial charge in [-0.15, -0.1) is 0 Å². The van der Waals surface area contributed by atoms with E-state index in [0.29, 0.717) is 12.0 Å². The van der Waals surface area contributed by atoms with Crippen LogP contribution in [0.1, 0.15) is 29.3 Å². The van der Waals surface area contributed by atoms with Crippen molar-refractivity contribution >= 4 is 34.5 Å². The molecule has 0 aliphatic carbocycles. The van der Waals surface area contributed by atoms with Gasteiger partial charge < -0.3 is 10.4 Å². The van der Waals surface area contributed by atoms with Crippen molar-refractivity contribution in [1.29, 1.82) is 0 Å². The maximum Gasteiger partial charge on any atom is 0.326 e. The number of benzene rings is 1. The van der Waals surface area contributed by atoms with E-state index in [0.717, 1.165) is 9.13 Å². The third-order valence-corrected chi connectivity index (χ3v) is 3.88. The highest BCUT2D eigenvalue weighted by molar-refractivity contribution is 14.1. The summed E-state index contributed by atoms with van der Waals surface area (Å²) in [6.45, 7) is 3.63. The standard InChI is InChI=1S/C12H14INO3/c1-3-9(12(16)17)14-11(15)8-6-4-5-7(2)10(8)13/h4-6,9H,3H2,1-2H3,(H,14,15)(H,16,17). The first kappa shape index (κ1) is 14.0. The Bertz CT molecular complexity index is 445. The van der Waals surface area contributed by atoms with E-state index in [2.05, 4.69) is 27.9 Å². The minimum atomic E-state index is -1.01. The first-order chi connectivity index (χ1) is 7.97. The summed E-state index contributed by atoms with van der Waals surface area (Å²) in [4.78, 5) is 22.7. The smallest absolute Gasteiger partial charge is 0.326 e. The fraction of sp³-hybridized carbons (Fsp3) is 0.333. The highest BCUT2D eigenvalue weighted by Gasteiger charge is 2.19. The molecule has 0 aliphatic rings. The molecule has 5 heteroatoms. The van der Waals surface area contributed by atoms with Crippen LogP contribution in [0.25, 0.3) is 0 Å². The van der Waals surface area contributed by atoms with Crippen molar-refractivity contribution in [2.75, 3.05) is 0 Å². The van der Waals surface area contributed by atoms with Crippen LogP contribution in [0.5, 0.6) is 0 Å². The molecule has 1 rings (SSSR count). The van der Waals surface area contributed by atoms with Crippen LogP contribution in [-0.2, 0) is 4.79 Å². The molecular formula is C12H14INO3. The average molecular weight is 347 g/mol. The number of amides is 1. The van der Waals surface area contributed by atoms with Crippen molar-refractivity contribution in [3.63, 3.8) is 0 Å². The second kappa shape index (κ2) is 6.00. The Morgan fingerprint density at radius 1 is 1.47 bits per heavy atom. The van der Waals surface area contributed by atoms with E-state index in [1.165, 1.54) is 0 Å². The van der Waals surface area contributed by atoms with Crippen LogP contribution in [0.15, 0.2) is 18.2 Å². The van der Waals surface area contributed by atoms with E-state index in [1.54, 1.807) is 19.1 Å². The topological polar surface area (TPSA) is 66.4 Å². The second-order valence-corrected chi connectivity index (χ2v) is 4.79. The van der Waals surface area contributed by atoms with Gasteiger partial charge in [0.2, 0.25) is 0 Å². The van der Waals surface area contributed by atoms with E-state index in [1.807, 2.05) is 13.0 Å². The minimum Gasteiger partial charge on any atom is -0.480 e. The zero-order valence-electron chi connectivity index (χ0n) is 9.66. The fourth-order valence-electron chi connectivity index (χ4n) is 1.40. The number of carbonyl (C=O) groups is 2. The number of aryl methyl sites for hydroxylation is 1. The van der Waals surface area contributed by atoms with Gasteiger partial charge in [0.15, 0.2) is 0 Å². The first-order valence-corrected chi connectivity index (χ1v) is 6.34. The number of carboxylic acids is 1. The van der Waals surface area contributed by atoms with Gasteiger partial charge in [0.25, 0.3) is 5.91 Å². The Kier molecular flexibility index (Phi) is 4.92. The summed E-state index contributed by atoms with van der Waals surface area (Å²) >= 11 is 2.09. The summed E-state index contributed by atoms with van der Waals surface area (Å²) in [6, 6.07) is 4.55. The van der Waals surface area contributed by atoms with E-state index in [4.69, 9.17) is 5.11 Å². The first-order valence-electron chi connectivity index (χ1n) is 5.26. The second-order valence-electron chi connectivity index (χ2n) is 3.71. The number of carbonyl (C=O) groups excluding carboxylic acids is 1. The van der Waals surface area contributed by atoms with Crippen molar-refractivity contribution in [3.8, 4) is 0 Å². The van der Waals surface area contributed by atoms with E-state index in [-0.39, 0.29) is 5.91 Å². The summed E-state index contributed by atoms with van der Waals surface area (Å²) in [6.07, 6.45) is 0.365. The molecule has 0 saturated heterocycles. The Morgan fingerprint density at radius 3 is 2.65 bits per heavy atom. The highest BCUT2D eigenvalue weighted by Crippen LogP contribution is 2.16. The molecule has 0 fully saturated rings. The number of aliphatic carboxylic acids is 1. The zero-order chi connectivity index (χ0) is 13.0. The molecule has 1 aromatic carbocycles. The number of rotatable bonds is 4. The van der Waals surface area contributed by atoms with Crippen LogP contribution in [0.2, 0.25) is 0 Å². The van der Waals surface area contributed by atoms with E-state index < -0.39 is 12.0 Å². The quantitative estimate of drug-likeness (QED) is 0.821. The van der Waals surface area contributed by atoms with Crippen molar-refractivity contribution in [2.24, 2.45) is 0 Å². The van der Waals surface area contributed by atoms with E-state index >= 15 is 0 Å². The molecule has 1 amide bonds. The summed E-state index contributed by atoms with van der Waals surface area (Å²) in [5, 5.41) is 11.4. The Balaban J connectivity index is 2.90. The Morgan fingerprint density at radius 2 is 2.12 bits per heavy atom. The molecule has 0 aromatic heterocycles. The van der Waals surface area contributed by atoms with Crippen molar-refractivity contribution in [2.45, 2.75) is 26.3 Å². The number of carboxylic acid groups (broad SMARTS) is 1.